The highest BCUT2D eigenvalue weighted by molar-refractivity contribution is 5.95. The summed E-state index contributed by atoms with van der Waals surface area (Å²) in [6, 6.07) is 10.3. The van der Waals surface area contributed by atoms with Gasteiger partial charge >= 0.3 is 5.97 Å². The molecular weight excluding hydrogens is 272 g/mol. The van der Waals surface area contributed by atoms with Gasteiger partial charge in [-0.25, -0.2) is 4.79 Å². The van der Waals surface area contributed by atoms with Crippen molar-refractivity contribution in [3.8, 4) is 0 Å². The summed E-state index contributed by atoms with van der Waals surface area (Å²) in [6.07, 6.45) is 0. The molecule has 0 atom stereocenters. The highest BCUT2D eigenvalue weighted by Crippen LogP contribution is 2.49. The first-order valence-corrected chi connectivity index (χ1v) is 6.16. The average Bonchev–Trinajstić information content (AvgIpc) is 3.20. The third kappa shape index (κ3) is 2.25. The van der Waals surface area contributed by atoms with Crippen molar-refractivity contribution in [1.82, 2.24) is 0 Å². The number of benzene rings is 2. The summed E-state index contributed by atoms with van der Waals surface area (Å²) in [7, 11) is 1.32. The smallest absolute Gasteiger partial charge is 0.337 e. The zero-order valence-corrected chi connectivity index (χ0v) is 11.2. The first-order chi connectivity index (χ1) is 10.1. The molecule has 0 radical (unpaired) electrons. The van der Waals surface area contributed by atoms with Crippen molar-refractivity contribution in [1.29, 1.82) is 0 Å². The third-order valence-corrected chi connectivity index (χ3v) is 3.22. The minimum absolute atomic E-state index is 0.386. The van der Waals surface area contributed by atoms with Crippen LogP contribution in [0.25, 0.3) is 0 Å². The molecule has 0 fully saturated rings. The number of anilines is 5. The van der Waals surface area contributed by atoms with Gasteiger partial charge in [0.2, 0.25) is 0 Å². The molecule has 0 spiro atoms. The highest BCUT2D eigenvalue weighted by atomic mass is 16.5. The maximum Gasteiger partial charge on any atom is 0.337 e. The van der Waals surface area contributed by atoms with E-state index in [0.717, 1.165) is 17.1 Å². The van der Waals surface area contributed by atoms with E-state index in [9.17, 15) is 9.70 Å². The van der Waals surface area contributed by atoms with Crippen LogP contribution in [0, 0.1) is 4.91 Å². The van der Waals surface area contributed by atoms with Gasteiger partial charge in [-0.2, -0.15) is 5.01 Å². The second-order valence-corrected chi connectivity index (χ2v) is 4.52. The van der Waals surface area contributed by atoms with Crippen molar-refractivity contribution in [2.45, 2.75) is 0 Å². The molecule has 106 valence electrons. The predicted octanol–water partition coefficient (Wildman–Crippen LogP) is 2.93. The normalized spacial score (nSPS) is 11.6. The summed E-state index contributed by atoms with van der Waals surface area (Å²) in [5, 5.41) is 7.28. The molecule has 7 heteroatoms. The second kappa shape index (κ2) is 4.78. The minimum atomic E-state index is -0.439. The van der Waals surface area contributed by atoms with Gasteiger partial charge in [-0.3, -0.25) is 0 Å². The number of carbonyl (C=O) groups is 1. The number of esters is 1. The number of ether oxygens (including phenoxy) is 1. The van der Waals surface area contributed by atoms with Crippen molar-refractivity contribution in [3.05, 3.63) is 46.9 Å². The Kier molecular flexibility index (Phi) is 2.94. The van der Waals surface area contributed by atoms with Gasteiger partial charge < -0.3 is 15.8 Å². The SMILES string of the molecule is COC(=O)c1ccc(Nc2ccc3c(c2)N3N=O)c(N)c1. The Balaban J connectivity index is 1.81. The molecule has 7 nitrogen and oxygen atoms in total. The van der Waals surface area contributed by atoms with Gasteiger partial charge in [0.1, 0.15) is 0 Å². The molecule has 0 amide bonds. The average molecular weight is 284 g/mol. The second-order valence-electron chi connectivity index (χ2n) is 4.52. The molecule has 0 bridgehead atoms. The van der Waals surface area contributed by atoms with Crippen LogP contribution in [0.2, 0.25) is 0 Å². The topological polar surface area (TPSA) is 96.8 Å². The lowest BCUT2D eigenvalue weighted by atomic mass is 10.1. The van der Waals surface area contributed by atoms with Crippen molar-refractivity contribution in [3.63, 3.8) is 0 Å². The number of methoxy groups -OCH3 is 1. The summed E-state index contributed by atoms with van der Waals surface area (Å²) in [5.41, 5.74) is 9.72. The van der Waals surface area contributed by atoms with E-state index in [2.05, 4.69) is 15.3 Å². The molecule has 0 aliphatic carbocycles. The molecule has 1 aliphatic rings. The van der Waals surface area contributed by atoms with Crippen molar-refractivity contribution in [2.75, 3.05) is 23.2 Å². The van der Waals surface area contributed by atoms with Gasteiger partial charge in [0.25, 0.3) is 0 Å². The summed E-state index contributed by atoms with van der Waals surface area (Å²) in [5.74, 6) is -0.439. The van der Waals surface area contributed by atoms with E-state index < -0.39 is 5.97 Å². The number of nitrogen functional groups attached to an aromatic ring is 1. The van der Waals surface area contributed by atoms with E-state index in [-0.39, 0.29) is 0 Å². The molecule has 1 heterocycles. The Bertz CT molecular complexity index is 745. The van der Waals surface area contributed by atoms with Crippen LogP contribution in [0.3, 0.4) is 0 Å². The number of nitrogens with two attached hydrogens (primary N) is 1. The standard InChI is InChI=1S/C14H12N4O3/c1-21-14(19)8-2-4-11(10(15)6-8)16-9-3-5-12-13(7-9)18(12)17-20/h2-7,16H,15H2,1H3. The number of fused-ring (bicyclic) bond motifs is 1. The molecule has 1 aliphatic heterocycles. The number of carbonyl (C=O) groups excluding carboxylic acids is 1. The van der Waals surface area contributed by atoms with E-state index in [1.165, 1.54) is 12.1 Å². The van der Waals surface area contributed by atoms with Gasteiger partial charge in [-0.05, 0) is 36.4 Å². The Morgan fingerprint density at radius 2 is 2.05 bits per heavy atom. The molecule has 3 rings (SSSR count). The zero-order chi connectivity index (χ0) is 15.0. The maximum atomic E-state index is 11.4. The van der Waals surface area contributed by atoms with Crippen molar-refractivity contribution < 1.29 is 9.53 Å². The van der Waals surface area contributed by atoms with Crippen molar-refractivity contribution in [2.24, 2.45) is 5.29 Å². The summed E-state index contributed by atoms with van der Waals surface area (Å²) in [6.45, 7) is 0. The molecule has 0 saturated carbocycles. The molecule has 3 N–H and O–H groups in total. The van der Waals surface area contributed by atoms with Gasteiger partial charge in [-0.15, -0.1) is 4.91 Å². The summed E-state index contributed by atoms with van der Waals surface area (Å²) < 4.78 is 4.64. The molecule has 0 saturated heterocycles. The van der Waals surface area contributed by atoms with Crippen LogP contribution in [-0.2, 0) is 4.74 Å². The zero-order valence-electron chi connectivity index (χ0n) is 11.2. The van der Waals surface area contributed by atoms with Crippen molar-refractivity contribution >= 4 is 34.4 Å². The fourth-order valence-corrected chi connectivity index (χ4v) is 2.08. The van der Waals surface area contributed by atoms with Crippen LogP contribution in [0.4, 0.5) is 28.4 Å². The van der Waals surface area contributed by atoms with Crippen LogP contribution in [0.1, 0.15) is 10.4 Å². The lowest BCUT2D eigenvalue weighted by Crippen LogP contribution is -2.03. The lowest BCUT2D eigenvalue weighted by Gasteiger charge is -2.10. The maximum absolute atomic E-state index is 11.4. The van der Waals surface area contributed by atoms with Gasteiger partial charge in [0.05, 0.1) is 40.7 Å². The fraction of sp³-hybridized carbons (Fsp3) is 0.0714. The number of hydrogen-bond acceptors (Lipinski definition) is 6. The first kappa shape index (κ1) is 12.9. The van der Waals surface area contributed by atoms with E-state index in [0.29, 0.717) is 16.9 Å². The molecule has 0 aromatic heterocycles. The number of rotatable bonds is 4. The van der Waals surface area contributed by atoms with Crippen LogP contribution < -0.4 is 16.1 Å². The Morgan fingerprint density at radius 1 is 1.24 bits per heavy atom. The van der Waals surface area contributed by atoms with E-state index >= 15 is 0 Å². The molecule has 2 aromatic carbocycles. The number of nitrogens with zero attached hydrogens (tertiary/aromatic N) is 2. The fourth-order valence-electron chi connectivity index (χ4n) is 2.08. The molecule has 21 heavy (non-hydrogen) atoms. The monoisotopic (exact) mass is 284 g/mol. The molecular formula is C14H12N4O3. The quantitative estimate of drug-likeness (QED) is 0.388. The summed E-state index contributed by atoms with van der Waals surface area (Å²) in [4.78, 5) is 21.9. The Morgan fingerprint density at radius 3 is 2.71 bits per heavy atom. The van der Waals surface area contributed by atoms with Gasteiger partial charge in [-0.1, -0.05) is 0 Å². The first-order valence-electron chi connectivity index (χ1n) is 6.16. The molecule has 0 unspecified atom stereocenters. The number of hydrogen-bond donors (Lipinski definition) is 2. The van der Waals surface area contributed by atoms with Crippen LogP contribution in [-0.4, -0.2) is 13.1 Å². The van der Waals surface area contributed by atoms with Gasteiger partial charge in [0, 0.05) is 5.69 Å². The lowest BCUT2D eigenvalue weighted by molar-refractivity contribution is 0.0601. The number of nitroso groups, excluding NO2 is 1. The number of nitrogens with one attached hydrogen (secondary N) is 1. The van der Waals surface area contributed by atoms with Crippen LogP contribution in [0.5, 0.6) is 0 Å². The third-order valence-electron chi connectivity index (χ3n) is 3.22. The largest absolute Gasteiger partial charge is 0.465 e. The van der Waals surface area contributed by atoms with E-state index in [1.54, 1.807) is 30.3 Å². The Labute approximate surface area is 120 Å². The van der Waals surface area contributed by atoms with Crippen LogP contribution in [0.15, 0.2) is 41.7 Å². The van der Waals surface area contributed by atoms with Gasteiger partial charge in [0.15, 0.2) is 0 Å². The van der Waals surface area contributed by atoms with Crippen LogP contribution >= 0.6 is 0 Å². The summed E-state index contributed by atoms with van der Waals surface area (Å²) >= 11 is 0. The molecule has 2 aromatic rings. The van der Waals surface area contributed by atoms with E-state index in [1.807, 2.05) is 6.07 Å². The highest BCUT2D eigenvalue weighted by Gasteiger charge is 2.30. The minimum Gasteiger partial charge on any atom is -0.465 e. The Hall–Kier alpha value is -3.09. The predicted molar refractivity (Wildman–Crippen MR) is 79.9 cm³/mol. The van der Waals surface area contributed by atoms with E-state index in [4.69, 9.17) is 5.73 Å².